The molecule has 64 valence electrons. The summed E-state index contributed by atoms with van der Waals surface area (Å²) in [5.41, 5.74) is 0.502. The molecule has 6 aliphatic carbocycles. The number of hydrogen-bond acceptors (Lipinski definition) is 1. The zero-order valence-electron chi connectivity index (χ0n) is 7.36. The molecule has 6 fully saturated rings. The molecule has 0 saturated heterocycles. The van der Waals surface area contributed by atoms with Crippen molar-refractivity contribution in [1.29, 1.82) is 0 Å². The van der Waals surface area contributed by atoms with Crippen LogP contribution in [0, 0.1) is 41.4 Å². The number of rotatable bonds is 2. The lowest BCUT2D eigenvalue weighted by Gasteiger charge is -2.90. The minimum absolute atomic E-state index is 0.502. The summed E-state index contributed by atoms with van der Waals surface area (Å²) in [5, 5.41) is 0. The van der Waals surface area contributed by atoms with Gasteiger partial charge in [-0.2, -0.15) is 0 Å². The van der Waals surface area contributed by atoms with E-state index < -0.39 is 0 Å². The first-order valence-electron chi connectivity index (χ1n) is 5.55. The van der Waals surface area contributed by atoms with Crippen LogP contribution >= 0.6 is 0 Å². The molecule has 12 heavy (non-hydrogen) atoms. The lowest BCUT2D eigenvalue weighted by atomic mass is 9.17. The van der Waals surface area contributed by atoms with Crippen LogP contribution in [0.5, 0.6) is 0 Å². The summed E-state index contributed by atoms with van der Waals surface area (Å²) in [6.45, 7) is 3.12. The van der Waals surface area contributed by atoms with Crippen LogP contribution in [0.4, 0.5) is 0 Å². The molecule has 0 aromatic carbocycles. The van der Waals surface area contributed by atoms with Crippen molar-refractivity contribution in [2.75, 3.05) is 6.61 Å². The highest BCUT2D eigenvalue weighted by Crippen LogP contribution is 2.96. The summed E-state index contributed by atoms with van der Waals surface area (Å²) in [7, 11) is 0. The maximum absolute atomic E-state index is 6.02. The van der Waals surface area contributed by atoms with E-state index in [1.54, 1.807) is 6.42 Å². The van der Waals surface area contributed by atoms with Crippen molar-refractivity contribution in [2.24, 2.45) is 41.4 Å². The Hall–Kier alpha value is -0.0400. The van der Waals surface area contributed by atoms with Gasteiger partial charge in [0, 0.05) is 6.61 Å². The molecule has 0 unspecified atom stereocenters. The highest BCUT2D eigenvalue weighted by Gasteiger charge is 2.98. The van der Waals surface area contributed by atoms with Crippen LogP contribution in [0.3, 0.4) is 0 Å². The van der Waals surface area contributed by atoms with Gasteiger partial charge in [0.15, 0.2) is 0 Å². The van der Waals surface area contributed by atoms with Crippen molar-refractivity contribution >= 4 is 0 Å². The predicted molar refractivity (Wildman–Crippen MR) is 43.4 cm³/mol. The van der Waals surface area contributed by atoms with Crippen molar-refractivity contribution in [3.05, 3.63) is 0 Å². The number of ether oxygens (including phenoxy) is 1. The quantitative estimate of drug-likeness (QED) is 0.598. The molecule has 0 amide bonds. The van der Waals surface area contributed by atoms with Crippen LogP contribution < -0.4 is 0 Å². The van der Waals surface area contributed by atoms with E-state index in [2.05, 4.69) is 6.92 Å². The molecule has 0 aliphatic heterocycles. The van der Waals surface area contributed by atoms with Gasteiger partial charge in [-0.15, -0.1) is 0 Å². The highest BCUT2D eigenvalue weighted by atomic mass is 16.5. The molecular formula is C11H14O. The third-order valence-electron chi connectivity index (χ3n) is 6.07. The van der Waals surface area contributed by atoms with E-state index >= 15 is 0 Å². The van der Waals surface area contributed by atoms with Crippen LogP contribution in [0.2, 0.25) is 0 Å². The summed E-state index contributed by atoms with van der Waals surface area (Å²) in [4.78, 5) is 0. The van der Waals surface area contributed by atoms with Crippen molar-refractivity contribution in [1.82, 2.24) is 0 Å². The molecule has 0 aromatic heterocycles. The molecule has 6 aliphatic rings. The first-order chi connectivity index (χ1) is 5.91. The Morgan fingerprint density at radius 3 is 2.50 bits per heavy atom. The molecule has 0 N–H and O–H groups in total. The van der Waals surface area contributed by atoms with Gasteiger partial charge in [-0.1, -0.05) is 0 Å². The third-order valence-corrected chi connectivity index (χ3v) is 6.07. The highest BCUT2D eigenvalue weighted by molar-refractivity contribution is 5.46. The van der Waals surface area contributed by atoms with E-state index in [9.17, 15) is 0 Å². The molecular weight excluding hydrogens is 148 g/mol. The molecule has 0 radical (unpaired) electrons. The number of hydrogen-bond donors (Lipinski definition) is 0. The third kappa shape index (κ3) is 0.238. The molecule has 2 bridgehead atoms. The van der Waals surface area contributed by atoms with Crippen LogP contribution in [-0.4, -0.2) is 12.2 Å². The largest absolute Gasteiger partial charge is 0.374 e. The Balaban J connectivity index is 1.65. The fraction of sp³-hybridized carbons (Fsp3) is 1.00. The standard InChI is InChI=1S/C11H14O/c1-2-12-11-8-5-3-4-6(8)10(11)7(4)9(5)11/h4-10H,2-3H2,1H3/t4?,5?,6-,7-,8-,9-,10?,11?/m1/s1. The summed E-state index contributed by atoms with van der Waals surface area (Å²) in [6, 6.07) is 0. The Labute approximate surface area is 72.5 Å². The summed E-state index contributed by atoms with van der Waals surface area (Å²) in [6.07, 6.45) is 1.59. The van der Waals surface area contributed by atoms with E-state index in [1.807, 2.05) is 0 Å². The first-order valence-corrected chi connectivity index (χ1v) is 5.55. The van der Waals surface area contributed by atoms with Crippen molar-refractivity contribution in [3.63, 3.8) is 0 Å². The van der Waals surface area contributed by atoms with E-state index in [4.69, 9.17) is 4.74 Å². The second-order valence-corrected chi connectivity index (χ2v) is 5.58. The van der Waals surface area contributed by atoms with Crippen LogP contribution in [0.1, 0.15) is 13.3 Å². The van der Waals surface area contributed by atoms with Gasteiger partial charge in [0.25, 0.3) is 0 Å². The molecule has 1 heteroatoms. The molecule has 0 aromatic rings. The average molecular weight is 162 g/mol. The van der Waals surface area contributed by atoms with Crippen LogP contribution in [-0.2, 0) is 4.74 Å². The maximum atomic E-state index is 6.02. The van der Waals surface area contributed by atoms with Crippen molar-refractivity contribution in [2.45, 2.75) is 18.9 Å². The summed E-state index contributed by atoms with van der Waals surface area (Å²) < 4.78 is 6.02. The Morgan fingerprint density at radius 2 is 1.92 bits per heavy atom. The Bertz CT molecular complexity index is 273. The van der Waals surface area contributed by atoms with E-state index in [1.165, 1.54) is 5.92 Å². The second-order valence-electron chi connectivity index (χ2n) is 5.58. The van der Waals surface area contributed by atoms with Crippen molar-refractivity contribution in [3.8, 4) is 0 Å². The van der Waals surface area contributed by atoms with Crippen LogP contribution in [0.15, 0.2) is 0 Å². The smallest absolute Gasteiger partial charge is 0.0783 e. The molecule has 6 saturated carbocycles. The molecule has 0 heterocycles. The fourth-order valence-corrected chi connectivity index (χ4v) is 6.32. The second kappa shape index (κ2) is 1.21. The predicted octanol–water partition coefficient (Wildman–Crippen LogP) is 1.53. The van der Waals surface area contributed by atoms with E-state index in [0.717, 1.165) is 42.1 Å². The SMILES string of the molecule is CCOC12C3[C@@H]4C5CC([C@H]41)[C@@H]2[C@@H]53. The van der Waals surface area contributed by atoms with Gasteiger partial charge in [0.2, 0.25) is 0 Å². The summed E-state index contributed by atoms with van der Waals surface area (Å²) in [5.74, 6) is 7.84. The minimum Gasteiger partial charge on any atom is -0.374 e. The molecule has 1 nitrogen and oxygen atoms in total. The van der Waals surface area contributed by atoms with Gasteiger partial charge in [-0.25, -0.2) is 0 Å². The van der Waals surface area contributed by atoms with E-state index in [0.29, 0.717) is 5.60 Å². The monoisotopic (exact) mass is 162 g/mol. The van der Waals surface area contributed by atoms with Gasteiger partial charge in [-0.3, -0.25) is 0 Å². The minimum atomic E-state index is 0.502. The van der Waals surface area contributed by atoms with Crippen molar-refractivity contribution < 1.29 is 4.74 Å². The molecule has 4 atom stereocenters. The van der Waals surface area contributed by atoms with Gasteiger partial charge >= 0.3 is 0 Å². The van der Waals surface area contributed by atoms with Gasteiger partial charge in [-0.05, 0) is 54.8 Å². The Kier molecular flexibility index (Phi) is 0.569. The normalized spacial score (nSPS) is 83.2. The van der Waals surface area contributed by atoms with Gasteiger partial charge in [0.05, 0.1) is 5.60 Å². The van der Waals surface area contributed by atoms with Gasteiger partial charge in [0.1, 0.15) is 0 Å². The Morgan fingerprint density at radius 1 is 1.17 bits per heavy atom. The molecule has 6 rings (SSSR count). The first kappa shape index (κ1) is 5.64. The van der Waals surface area contributed by atoms with Crippen LogP contribution in [0.25, 0.3) is 0 Å². The average Bonchev–Trinajstić information content (AvgIpc) is 2.33. The van der Waals surface area contributed by atoms with Gasteiger partial charge < -0.3 is 4.74 Å². The van der Waals surface area contributed by atoms with E-state index in [-0.39, 0.29) is 0 Å². The summed E-state index contributed by atoms with van der Waals surface area (Å²) >= 11 is 0. The zero-order chi connectivity index (χ0) is 7.66. The molecule has 0 spiro atoms. The maximum Gasteiger partial charge on any atom is 0.0783 e. The topological polar surface area (TPSA) is 9.23 Å². The lowest BCUT2D eigenvalue weighted by molar-refractivity contribution is -0.479. The lowest BCUT2D eigenvalue weighted by Crippen LogP contribution is -2.93. The fourth-order valence-electron chi connectivity index (χ4n) is 6.32. The zero-order valence-corrected chi connectivity index (χ0v) is 7.36.